The number of aryl methyl sites for hydroxylation is 1. The molecule has 1 aliphatic carbocycles. The van der Waals surface area contributed by atoms with Gasteiger partial charge in [0.1, 0.15) is 0 Å². The van der Waals surface area contributed by atoms with E-state index in [9.17, 15) is 23.3 Å². The van der Waals surface area contributed by atoms with Crippen LogP contribution in [0.4, 0.5) is 5.69 Å². The second-order valence-electron chi connectivity index (χ2n) is 8.39. The summed E-state index contributed by atoms with van der Waals surface area (Å²) < 4.78 is 29.6. The van der Waals surface area contributed by atoms with Crippen LogP contribution >= 0.6 is 0 Å². The highest BCUT2D eigenvalue weighted by molar-refractivity contribution is 7.85. The van der Waals surface area contributed by atoms with Gasteiger partial charge >= 0.3 is 0 Å². The van der Waals surface area contributed by atoms with Crippen molar-refractivity contribution in [2.24, 2.45) is 0 Å². The fraction of sp³-hybridized carbons (Fsp3) is 0.435. The molecule has 1 unspecified atom stereocenters. The molecule has 9 nitrogen and oxygen atoms in total. The predicted octanol–water partition coefficient (Wildman–Crippen LogP) is 3.78. The quantitative estimate of drug-likeness (QED) is 0.395. The molecule has 10 heteroatoms. The molecule has 0 aromatic heterocycles. The highest BCUT2D eigenvalue weighted by atomic mass is 32.2. The van der Waals surface area contributed by atoms with Crippen molar-refractivity contribution < 1.29 is 22.7 Å². The zero-order chi connectivity index (χ0) is 24.8. The van der Waals surface area contributed by atoms with E-state index in [0.717, 1.165) is 24.8 Å². The van der Waals surface area contributed by atoms with Crippen LogP contribution in [0.1, 0.15) is 41.6 Å². The second kappa shape index (κ2) is 11.4. The lowest BCUT2D eigenvalue weighted by Gasteiger charge is -2.41. The Hall–Kier alpha value is -2.82. The summed E-state index contributed by atoms with van der Waals surface area (Å²) in [5.41, 5.74) is 1.46. The molecular formula is C23H31N3O6S. The van der Waals surface area contributed by atoms with Gasteiger partial charge in [0.15, 0.2) is 0 Å². The van der Waals surface area contributed by atoms with Crippen molar-refractivity contribution in [2.75, 3.05) is 21.1 Å². The lowest BCUT2D eigenvalue weighted by atomic mass is 9.88. The van der Waals surface area contributed by atoms with Gasteiger partial charge in [-0.3, -0.25) is 19.5 Å². The number of non-ortho nitro benzene ring substituents is 1. The first-order valence-electron chi connectivity index (χ1n) is 10.6. The number of nitro groups is 1. The van der Waals surface area contributed by atoms with E-state index in [1.165, 1.54) is 42.8 Å². The molecule has 1 N–H and O–H groups in total. The second-order valence-corrected chi connectivity index (χ2v) is 9.81. The Bertz CT molecular complexity index is 1050. The number of amides is 1. The summed E-state index contributed by atoms with van der Waals surface area (Å²) in [7, 11) is 1.91. The first kappa shape index (κ1) is 26.4. The molecule has 1 aliphatic rings. The van der Waals surface area contributed by atoms with Crippen molar-refractivity contribution >= 4 is 21.7 Å². The minimum absolute atomic E-state index is 0.00281. The summed E-state index contributed by atoms with van der Waals surface area (Å²) in [5, 5.41) is 10.7. The average Bonchev–Trinajstić information content (AvgIpc) is 2.78. The Morgan fingerprint density at radius 2 is 1.48 bits per heavy atom. The number of likely N-dealkylation sites (N-methyl/N-ethyl adjacent to an activating group) is 2. The van der Waals surface area contributed by atoms with Crippen LogP contribution < -0.4 is 0 Å². The SMILES string of the molecule is CN(C(=O)c1ccc([N+](=O)[O-])cc1)C1CCCC[C@H]1N(C)C.Cc1ccc(S(=O)(=O)O)cc1. The van der Waals surface area contributed by atoms with Gasteiger partial charge < -0.3 is 9.80 Å². The highest BCUT2D eigenvalue weighted by Crippen LogP contribution is 2.26. The molecule has 0 saturated heterocycles. The molecule has 2 aromatic rings. The molecule has 1 fully saturated rings. The van der Waals surface area contributed by atoms with Gasteiger partial charge in [-0.25, -0.2) is 0 Å². The Morgan fingerprint density at radius 1 is 0.970 bits per heavy atom. The maximum atomic E-state index is 12.6. The third-order valence-corrected chi connectivity index (χ3v) is 6.69. The minimum Gasteiger partial charge on any atom is -0.337 e. The molecule has 180 valence electrons. The van der Waals surface area contributed by atoms with E-state index in [0.29, 0.717) is 11.6 Å². The molecule has 3 rings (SSSR count). The number of carbonyl (C=O) groups excluding carboxylic acids is 1. The fourth-order valence-corrected chi connectivity index (χ4v) is 4.42. The molecule has 2 aromatic carbocycles. The van der Waals surface area contributed by atoms with E-state index >= 15 is 0 Å². The number of benzene rings is 2. The molecular weight excluding hydrogens is 446 g/mol. The number of rotatable bonds is 5. The highest BCUT2D eigenvalue weighted by Gasteiger charge is 2.32. The van der Waals surface area contributed by atoms with E-state index in [4.69, 9.17) is 4.55 Å². The van der Waals surface area contributed by atoms with Gasteiger partial charge in [-0.1, -0.05) is 30.5 Å². The van der Waals surface area contributed by atoms with Gasteiger partial charge in [0.05, 0.1) is 9.82 Å². The standard InChI is InChI=1S/C16H23N3O3.C7H8O3S/c1-17(2)14-6-4-5-7-15(14)18(3)16(20)12-8-10-13(11-9-12)19(21)22;1-6-2-4-7(5-3-6)11(8,9)10/h8-11,14-15H,4-7H2,1-3H3;2-5H,1H3,(H,8,9,10)/t14-,15?;/m1./s1. The monoisotopic (exact) mass is 477 g/mol. The largest absolute Gasteiger partial charge is 0.337 e. The van der Waals surface area contributed by atoms with E-state index < -0.39 is 15.0 Å². The Kier molecular flexibility index (Phi) is 9.09. The molecule has 0 spiro atoms. The third-order valence-electron chi connectivity index (χ3n) is 5.82. The predicted molar refractivity (Wildman–Crippen MR) is 126 cm³/mol. The van der Waals surface area contributed by atoms with Crippen LogP contribution in [-0.4, -0.2) is 66.8 Å². The van der Waals surface area contributed by atoms with Crippen LogP contribution in [0.2, 0.25) is 0 Å². The molecule has 0 aliphatic heterocycles. The Morgan fingerprint density at radius 3 is 1.94 bits per heavy atom. The third kappa shape index (κ3) is 7.34. The molecule has 0 bridgehead atoms. The average molecular weight is 478 g/mol. The molecule has 0 radical (unpaired) electrons. The molecule has 1 saturated carbocycles. The van der Waals surface area contributed by atoms with Crippen molar-refractivity contribution in [1.29, 1.82) is 0 Å². The molecule has 33 heavy (non-hydrogen) atoms. The van der Waals surface area contributed by atoms with Crippen molar-refractivity contribution in [3.8, 4) is 0 Å². The maximum Gasteiger partial charge on any atom is 0.294 e. The van der Waals surface area contributed by atoms with E-state index in [-0.39, 0.29) is 22.5 Å². The molecule has 2 atom stereocenters. The van der Waals surface area contributed by atoms with E-state index in [1.54, 1.807) is 17.0 Å². The summed E-state index contributed by atoms with van der Waals surface area (Å²) in [5.74, 6) is -0.0753. The summed E-state index contributed by atoms with van der Waals surface area (Å²) in [6, 6.07) is 12.4. The van der Waals surface area contributed by atoms with Crippen LogP contribution in [0.5, 0.6) is 0 Å². The van der Waals surface area contributed by atoms with Gasteiger partial charge in [-0.15, -0.1) is 0 Å². The molecule has 0 heterocycles. The van der Waals surface area contributed by atoms with Crippen LogP contribution in [-0.2, 0) is 10.1 Å². The summed E-state index contributed by atoms with van der Waals surface area (Å²) in [4.78, 5) is 26.8. The van der Waals surface area contributed by atoms with Crippen molar-refractivity contribution in [2.45, 2.75) is 49.6 Å². The smallest absolute Gasteiger partial charge is 0.294 e. The molecule has 1 amide bonds. The maximum absolute atomic E-state index is 12.6. The van der Waals surface area contributed by atoms with E-state index in [2.05, 4.69) is 4.90 Å². The topological polar surface area (TPSA) is 121 Å². The van der Waals surface area contributed by atoms with Gasteiger partial charge in [0.25, 0.3) is 21.7 Å². The number of hydrogen-bond donors (Lipinski definition) is 1. The van der Waals surface area contributed by atoms with E-state index in [1.807, 2.05) is 28.1 Å². The number of nitro benzene ring substituents is 1. The van der Waals surface area contributed by atoms with Crippen LogP contribution in [0.3, 0.4) is 0 Å². The number of hydrogen-bond acceptors (Lipinski definition) is 6. The zero-order valence-corrected chi connectivity index (χ0v) is 20.2. The van der Waals surface area contributed by atoms with Gasteiger partial charge in [-0.05, 0) is 58.1 Å². The zero-order valence-electron chi connectivity index (χ0n) is 19.3. The number of nitrogens with zero attached hydrogens (tertiary/aromatic N) is 3. The Labute approximate surface area is 194 Å². The number of carbonyl (C=O) groups is 1. The van der Waals surface area contributed by atoms with Gasteiger partial charge in [0, 0.05) is 36.8 Å². The fourth-order valence-electron chi connectivity index (χ4n) is 3.94. The van der Waals surface area contributed by atoms with Crippen molar-refractivity contribution in [3.63, 3.8) is 0 Å². The first-order chi connectivity index (χ1) is 15.4. The van der Waals surface area contributed by atoms with Crippen LogP contribution in [0, 0.1) is 17.0 Å². The normalized spacial score (nSPS) is 18.2. The van der Waals surface area contributed by atoms with Crippen molar-refractivity contribution in [3.05, 3.63) is 69.8 Å². The van der Waals surface area contributed by atoms with Gasteiger partial charge in [0.2, 0.25) is 0 Å². The van der Waals surface area contributed by atoms with Crippen LogP contribution in [0.15, 0.2) is 53.4 Å². The van der Waals surface area contributed by atoms with Crippen LogP contribution in [0.25, 0.3) is 0 Å². The Balaban J connectivity index is 0.000000294. The lowest BCUT2D eigenvalue weighted by molar-refractivity contribution is -0.384. The first-order valence-corrected chi connectivity index (χ1v) is 12.1. The lowest BCUT2D eigenvalue weighted by Crippen LogP contribution is -2.51. The minimum atomic E-state index is -4.02. The van der Waals surface area contributed by atoms with Crippen molar-refractivity contribution in [1.82, 2.24) is 9.80 Å². The summed E-state index contributed by atoms with van der Waals surface area (Å²) in [6.45, 7) is 1.84. The summed E-state index contributed by atoms with van der Waals surface area (Å²) >= 11 is 0. The van der Waals surface area contributed by atoms with Gasteiger partial charge in [-0.2, -0.15) is 8.42 Å². The summed E-state index contributed by atoms with van der Waals surface area (Å²) in [6.07, 6.45) is 4.42.